The second kappa shape index (κ2) is 5.77. The van der Waals surface area contributed by atoms with Crippen LogP contribution in [0.2, 0.25) is 0 Å². The van der Waals surface area contributed by atoms with E-state index in [2.05, 4.69) is 10.6 Å². The van der Waals surface area contributed by atoms with E-state index in [1.54, 1.807) is 41.5 Å². The van der Waals surface area contributed by atoms with Gasteiger partial charge in [0, 0.05) is 11.1 Å². The maximum absolute atomic E-state index is 12.0. The van der Waals surface area contributed by atoms with Gasteiger partial charge in [-0.2, -0.15) is 0 Å². The monoisotopic (exact) mass is 318 g/mol. The topological polar surface area (TPSA) is 117 Å². The van der Waals surface area contributed by atoms with E-state index in [4.69, 9.17) is 9.47 Å². The predicted molar refractivity (Wildman–Crippen MR) is 77.6 cm³/mol. The van der Waals surface area contributed by atoms with Crippen LogP contribution in [0.3, 0.4) is 0 Å². The van der Waals surface area contributed by atoms with E-state index in [0.29, 0.717) is 0 Å². The molecule has 128 valence electrons. The van der Waals surface area contributed by atoms with Crippen LogP contribution < -0.4 is 10.6 Å². The molecule has 0 spiro atoms. The van der Waals surface area contributed by atoms with Crippen molar-refractivity contribution in [3.05, 3.63) is 0 Å². The lowest BCUT2D eigenvalue weighted by molar-refractivity contribution is -0.338. The van der Waals surface area contributed by atoms with Gasteiger partial charge in [0.05, 0.1) is 0 Å². The largest absolute Gasteiger partial charge is 0.356 e. The van der Waals surface area contributed by atoms with E-state index in [1.165, 1.54) is 0 Å². The smallest absolute Gasteiger partial charge is 0.283 e. The van der Waals surface area contributed by atoms with Crippen molar-refractivity contribution >= 4 is 11.8 Å². The molecule has 22 heavy (non-hydrogen) atoms. The Kier molecular flexibility index (Phi) is 4.94. The van der Waals surface area contributed by atoms with Crippen LogP contribution in [0.1, 0.15) is 41.5 Å². The summed E-state index contributed by atoms with van der Waals surface area (Å²) >= 11 is 0. The van der Waals surface area contributed by atoms with E-state index in [-0.39, 0.29) is 0 Å². The van der Waals surface area contributed by atoms with Crippen LogP contribution in [0.25, 0.3) is 0 Å². The Labute approximate surface area is 130 Å². The number of hydrogen-bond donors (Lipinski definition) is 4. The van der Waals surface area contributed by atoms with Gasteiger partial charge in [-0.1, -0.05) is 0 Å². The first-order valence-electron chi connectivity index (χ1n) is 7.05. The van der Waals surface area contributed by atoms with Crippen molar-refractivity contribution in [3.8, 4) is 0 Å². The van der Waals surface area contributed by atoms with Gasteiger partial charge >= 0.3 is 0 Å². The van der Waals surface area contributed by atoms with Crippen molar-refractivity contribution in [2.45, 2.75) is 64.2 Å². The Balaban J connectivity index is 2.72. The van der Waals surface area contributed by atoms with Crippen molar-refractivity contribution in [1.29, 1.82) is 0 Å². The number of aliphatic hydroxyl groups is 2. The molecule has 2 atom stereocenters. The van der Waals surface area contributed by atoms with E-state index in [0.717, 1.165) is 0 Å². The highest BCUT2D eigenvalue weighted by Crippen LogP contribution is 2.24. The van der Waals surface area contributed by atoms with Crippen LogP contribution in [-0.2, 0) is 19.1 Å². The van der Waals surface area contributed by atoms with Crippen LogP contribution >= 0.6 is 0 Å². The minimum atomic E-state index is -2.25. The van der Waals surface area contributed by atoms with Gasteiger partial charge in [0.25, 0.3) is 23.4 Å². The fourth-order valence-electron chi connectivity index (χ4n) is 1.66. The quantitative estimate of drug-likeness (QED) is 0.532. The van der Waals surface area contributed by atoms with E-state index >= 15 is 0 Å². The first-order chi connectivity index (χ1) is 9.67. The summed E-state index contributed by atoms with van der Waals surface area (Å²) in [6, 6.07) is 0. The normalized spacial score (nSPS) is 29.8. The van der Waals surface area contributed by atoms with Crippen molar-refractivity contribution < 1.29 is 29.3 Å². The van der Waals surface area contributed by atoms with Crippen LogP contribution in [-0.4, -0.2) is 57.9 Å². The Morgan fingerprint density at radius 1 is 0.818 bits per heavy atom. The van der Waals surface area contributed by atoms with Gasteiger partial charge in [-0.3, -0.25) is 9.59 Å². The highest BCUT2D eigenvalue weighted by Gasteiger charge is 2.52. The summed E-state index contributed by atoms with van der Waals surface area (Å²) in [7, 11) is 0. The Hall–Kier alpha value is -1.22. The minimum absolute atomic E-state index is 0.576. The summed E-state index contributed by atoms with van der Waals surface area (Å²) in [5.41, 5.74) is -1.15. The molecule has 4 N–H and O–H groups in total. The van der Waals surface area contributed by atoms with E-state index in [9.17, 15) is 19.8 Å². The molecule has 1 heterocycles. The fraction of sp³-hybridized carbons (Fsp3) is 0.857. The molecule has 1 aliphatic heterocycles. The van der Waals surface area contributed by atoms with Gasteiger partial charge in [0.1, 0.15) is 13.2 Å². The molecule has 0 aliphatic carbocycles. The number of rotatable bonds is 2. The number of carbonyl (C=O) groups is 2. The molecule has 2 amide bonds. The Bertz CT molecular complexity index is 399. The molecule has 0 aromatic heterocycles. The number of nitrogens with one attached hydrogen (secondary N) is 2. The molecule has 8 heteroatoms. The van der Waals surface area contributed by atoms with Crippen molar-refractivity contribution in [1.82, 2.24) is 10.6 Å². The van der Waals surface area contributed by atoms with Crippen LogP contribution in [0, 0.1) is 0 Å². The van der Waals surface area contributed by atoms with Gasteiger partial charge in [-0.15, -0.1) is 0 Å². The number of amides is 2. The molecule has 0 unspecified atom stereocenters. The first kappa shape index (κ1) is 18.8. The molecule has 0 aromatic rings. The summed E-state index contributed by atoms with van der Waals surface area (Å²) in [6.45, 7) is 9.12. The van der Waals surface area contributed by atoms with Gasteiger partial charge in [-0.05, 0) is 41.5 Å². The van der Waals surface area contributed by atoms with Crippen molar-refractivity contribution in [2.24, 2.45) is 0 Å². The molecule has 1 aliphatic rings. The molecule has 0 aromatic carbocycles. The van der Waals surface area contributed by atoms with E-state index < -0.39 is 47.7 Å². The summed E-state index contributed by atoms with van der Waals surface area (Å²) in [6.07, 6.45) is 0. The van der Waals surface area contributed by atoms with Crippen LogP contribution in [0.4, 0.5) is 0 Å². The number of hydrogen-bond acceptors (Lipinski definition) is 6. The maximum Gasteiger partial charge on any atom is 0.283 e. The zero-order chi connectivity index (χ0) is 17.4. The third-order valence-corrected chi connectivity index (χ3v) is 2.70. The molecule has 0 radical (unpaired) electrons. The van der Waals surface area contributed by atoms with Gasteiger partial charge in [-0.25, -0.2) is 0 Å². The SMILES string of the molecule is CC(C)(C)NC(=O)[C@]1(O)CO[C@](O)(C(=O)NC(C)(C)C)CO1. The van der Waals surface area contributed by atoms with Gasteiger partial charge < -0.3 is 30.3 Å². The zero-order valence-electron chi connectivity index (χ0n) is 13.9. The maximum atomic E-state index is 12.0. The summed E-state index contributed by atoms with van der Waals surface area (Å²) in [4.78, 5) is 24.0. The average Bonchev–Trinajstić information content (AvgIpc) is 2.29. The predicted octanol–water partition coefficient (Wildman–Crippen LogP) is -0.760. The molecule has 1 saturated heterocycles. The van der Waals surface area contributed by atoms with Crippen LogP contribution in [0.15, 0.2) is 0 Å². The summed E-state index contributed by atoms with van der Waals surface area (Å²) < 4.78 is 10.1. The molecule has 8 nitrogen and oxygen atoms in total. The van der Waals surface area contributed by atoms with Crippen molar-refractivity contribution in [3.63, 3.8) is 0 Å². The molecular weight excluding hydrogens is 292 g/mol. The zero-order valence-corrected chi connectivity index (χ0v) is 13.9. The first-order valence-corrected chi connectivity index (χ1v) is 7.05. The van der Waals surface area contributed by atoms with E-state index in [1.807, 2.05) is 0 Å². The van der Waals surface area contributed by atoms with Crippen LogP contribution in [0.5, 0.6) is 0 Å². The van der Waals surface area contributed by atoms with Gasteiger partial charge in [0.15, 0.2) is 0 Å². The standard InChI is InChI=1S/C14H26N2O6/c1-11(2,3)15-9(17)13(19)7-22-14(20,8-21-13)10(18)16-12(4,5)6/h19-20H,7-8H2,1-6H3,(H,15,17)(H,16,18)/t13-,14-/m0/s1. The number of ether oxygens (including phenoxy) is 2. The van der Waals surface area contributed by atoms with Gasteiger partial charge in [0.2, 0.25) is 0 Å². The molecule has 0 saturated carbocycles. The average molecular weight is 318 g/mol. The lowest BCUT2D eigenvalue weighted by Crippen LogP contribution is -2.66. The highest BCUT2D eigenvalue weighted by atomic mass is 16.7. The molecular formula is C14H26N2O6. The molecule has 1 fully saturated rings. The third-order valence-electron chi connectivity index (χ3n) is 2.70. The Morgan fingerprint density at radius 2 is 1.09 bits per heavy atom. The minimum Gasteiger partial charge on any atom is -0.356 e. The second-order valence-corrected chi connectivity index (χ2v) is 7.55. The van der Waals surface area contributed by atoms with Crippen molar-refractivity contribution in [2.75, 3.05) is 13.2 Å². The second-order valence-electron chi connectivity index (χ2n) is 7.55. The third kappa shape index (κ3) is 4.91. The lowest BCUT2D eigenvalue weighted by Gasteiger charge is -2.40. The lowest BCUT2D eigenvalue weighted by atomic mass is 10.1. The fourth-order valence-corrected chi connectivity index (χ4v) is 1.66. The number of carbonyl (C=O) groups excluding carboxylic acids is 2. The Morgan fingerprint density at radius 3 is 1.27 bits per heavy atom. The summed E-state index contributed by atoms with van der Waals surface area (Å²) in [5, 5.41) is 25.4. The summed E-state index contributed by atoms with van der Waals surface area (Å²) in [5.74, 6) is -6.08. The highest BCUT2D eigenvalue weighted by molar-refractivity contribution is 5.86. The molecule has 1 rings (SSSR count). The molecule has 0 bridgehead atoms.